The van der Waals surface area contributed by atoms with Crippen LogP contribution in [0, 0.1) is 11.8 Å². The Balaban J connectivity index is 1.89. The van der Waals surface area contributed by atoms with Gasteiger partial charge in [0.15, 0.2) is 0 Å². The Labute approximate surface area is 77.1 Å². The van der Waals surface area contributed by atoms with E-state index >= 15 is 0 Å². The van der Waals surface area contributed by atoms with Gasteiger partial charge in [-0.15, -0.1) is 0 Å². The lowest BCUT2D eigenvalue weighted by Crippen LogP contribution is -2.42. The zero-order chi connectivity index (χ0) is 9.00. The summed E-state index contributed by atoms with van der Waals surface area (Å²) in [6, 6.07) is 0.285. The Morgan fingerprint density at radius 3 is 2.77 bits per heavy atom. The number of carbonyl (C=O) groups is 2. The highest BCUT2D eigenvalue weighted by atomic mass is 16.2. The summed E-state index contributed by atoms with van der Waals surface area (Å²) in [5, 5.41) is 0. The van der Waals surface area contributed by atoms with Gasteiger partial charge >= 0.3 is 0 Å². The van der Waals surface area contributed by atoms with Crippen molar-refractivity contribution in [2.24, 2.45) is 11.8 Å². The molecule has 0 N–H and O–H groups in total. The van der Waals surface area contributed by atoms with Crippen LogP contribution in [-0.2, 0) is 9.59 Å². The molecule has 3 rings (SSSR count). The first-order valence-electron chi connectivity index (χ1n) is 5.09. The molecule has 0 aromatic rings. The molecule has 2 aliphatic heterocycles. The molecule has 70 valence electrons. The Morgan fingerprint density at radius 1 is 1.23 bits per heavy atom. The third-order valence-corrected chi connectivity index (χ3v) is 3.89. The summed E-state index contributed by atoms with van der Waals surface area (Å²) in [5.74, 6) is 1.49. The molecule has 3 fully saturated rings. The van der Waals surface area contributed by atoms with E-state index < -0.39 is 0 Å². The fraction of sp³-hybridized carbons (Fsp3) is 0.800. The van der Waals surface area contributed by atoms with Crippen molar-refractivity contribution >= 4 is 11.7 Å². The van der Waals surface area contributed by atoms with Gasteiger partial charge < -0.3 is 4.90 Å². The van der Waals surface area contributed by atoms with E-state index in [1.807, 2.05) is 4.90 Å². The van der Waals surface area contributed by atoms with Crippen LogP contribution in [0.3, 0.4) is 0 Å². The summed E-state index contributed by atoms with van der Waals surface area (Å²) < 4.78 is 0. The Morgan fingerprint density at radius 2 is 2.08 bits per heavy atom. The molecule has 13 heavy (non-hydrogen) atoms. The highest BCUT2D eigenvalue weighted by molar-refractivity contribution is 5.88. The van der Waals surface area contributed by atoms with E-state index in [4.69, 9.17) is 0 Å². The number of amides is 1. The van der Waals surface area contributed by atoms with E-state index in [0.29, 0.717) is 37.0 Å². The number of Topliss-reactive ketones (excluding diaryl/α,β-unsaturated/α-hetero) is 1. The lowest BCUT2D eigenvalue weighted by molar-refractivity contribution is -0.135. The minimum atomic E-state index is 0.285. The molecule has 0 bridgehead atoms. The van der Waals surface area contributed by atoms with E-state index in [0.717, 1.165) is 12.8 Å². The maximum Gasteiger partial charge on any atom is 0.226 e. The molecule has 1 aliphatic carbocycles. The van der Waals surface area contributed by atoms with Crippen LogP contribution in [0.5, 0.6) is 0 Å². The molecule has 1 saturated carbocycles. The first-order chi connectivity index (χ1) is 6.27. The van der Waals surface area contributed by atoms with Crippen molar-refractivity contribution in [2.45, 2.75) is 31.7 Å². The molecular formula is C10H13NO2. The van der Waals surface area contributed by atoms with Gasteiger partial charge in [-0.25, -0.2) is 0 Å². The summed E-state index contributed by atoms with van der Waals surface area (Å²) >= 11 is 0. The summed E-state index contributed by atoms with van der Waals surface area (Å²) in [7, 11) is 0. The lowest BCUT2D eigenvalue weighted by atomic mass is 9.71. The number of carbonyl (C=O) groups excluding carboxylic acids is 2. The molecule has 3 nitrogen and oxygen atoms in total. The van der Waals surface area contributed by atoms with Gasteiger partial charge in [0.25, 0.3) is 0 Å². The monoisotopic (exact) mass is 179 g/mol. The van der Waals surface area contributed by atoms with E-state index in [9.17, 15) is 9.59 Å². The van der Waals surface area contributed by atoms with Crippen molar-refractivity contribution < 1.29 is 9.59 Å². The van der Waals surface area contributed by atoms with E-state index in [2.05, 4.69) is 0 Å². The average molecular weight is 179 g/mol. The van der Waals surface area contributed by atoms with Gasteiger partial charge in [0.1, 0.15) is 5.78 Å². The van der Waals surface area contributed by atoms with Gasteiger partial charge in [0.05, 0.1) is 0 Å². The molecular weight excluding hydrogens is 166 g/mol. The molecule has 3 aliphatic rings. The van der Waals surface area contributed by atoms with Crippen molar-refractivity contribution in [1.82, 2.24) is 4.90 Å². The minimum absolute atomic E-state index is 0.285. The summed E-state index contributed by atoms with van der Waals surface area (Å²) in [6.45, 7) is 0.690. The predicted octanol–water partition coefficient (Wildman–Crippen LogP) is 0.586. The number of rotatable bonds is 0. The number of nitrogens with zero attached hydrogens (tertiary/aromatic N) is 1. The zero-order valence-electron chi connectivity index (χ0n) is 7.53. The van der Waals surface area contributed by atoms with Gasteiger partial charge in [-0.1, -0.05) is 0 Å². The normalized spacial score (nSPS) is 42.8. The lowest BCUT2D eigenvalue weighted by Gasteiger charge is -2.34. The van der Waals surface area contributed by atoms with Crippen LogP contribution in [0.2, 0.25) is 0 Å². The maximum atomic E-state index is 11.7. The van der Waals surface area contributed by atoms with Gasteiger partial charge in [-0.05, 0) is 18.8 Å². The third kappa shape index (κ3) is 0.847. The number of hydrogen-bond acceptors (Lipinski definition) is 2. The minimum Gasteiger partial charge on any atom is -0.338 e. The second kappa shape index (κ2) is 2.34. The molecule has 0 aromatic heterocycles. The fourth-order valence-corrected chi connectivity index (χ4v) is 3.02. The van der Waals surface area contributed by atoms with Crippen LogP contribution in [-0.4, -0.2) is 29.2 Å². The van der Waals surface area contributed by atoms with Crippen LogP contribution >= 0.6 is 0 Å². The molecule has 1 amide bonds. The zero-order valence-corrected chi connectivity index (χ0v) is 7.53. The highest BCUT2D eigenvalue weighted by Crippen LogP contribution is 2.47. The second-order valence-electron chi connectivity index (χ2n) is 4.44. The number of piperidine rings is 1. The molecule has 2 saturated heterocycles. The summed E-state index contributed by atoms with van der Waals surface area (Å²) in [6.07, 6.45) is 3.43. The SMILES string of the molecule is O=C1CCN2C(=O)C3CCC3C2C1. The summed E-state index contributed by atoms with van der Waals surface area (Å²) in [4.78, 5) is 24.9. The van der Waals surface area contributed by atoms with Crippen LogP contribution in [0.4, 0.5) is 0 Å². The van der Waals surface area contributed by atoms with Crippen molar-refractivity contribution in [3.63, 3.8) is 0 Å². The van der Waals surface area contributed by atoms with Crippen LogP contribution < -0.4 is 0 Å². The number of ketones is 1. The molecule has 2 heterocycles. The van der Waals surface area contributed by atoms with Crippen LogP contribution in [0.25, 0.3) is 0 Å². The molecule has 0 aromatic carbocycles. The summed E-state index contributed by atoms with van der Waals surface area (Å²) in [5.41, 5.74) is 0. The quantitative estimate of drug-likeness (QED) is 0.545. The Bertz CT molecular complexity index is 287. The predicted molar refractivity (Wildman–Crippen MR) is 46.0 cm³/mol. The largest absolute Gasteiger partial charge is 0.338 e. The van der Waals surface area contributed by atoms with Gasteiger partial charge in [-0.2, -0.15) is 0 Å². The van der Waals surface area contributed by atoms with Crippen LogP contribution in [0.1, 0.15) is 25.7 Å². The second-order valence-corrected chi connectivity index (χ2v) is 4.44. The van der Waals surface area contributed by atoms with Gasteiger partial charge in [0.2, 0.25) is 5.91 Å². The Hall–Kier alpha value is -0.860. The molecule has 0 spiro atoms. The topological polar surface area (TPSA) is 37.4 Å². The smallest absolute Gasteiger partial charge is 0.226 e. The van der Waals surface area contributed by atoms with Crippen molar-refractivity contribution in [3.8, 4) is 0 Å². The van der Waals surface area contributed by atoms with E-state index in [-0.39, 0.29) is 12.0 Å². The van der Waals surface area contributed by atoms with Gasteiger partial charge in [0, 0.05) is 31.3 Å². The maximum absolute atomic E-state index is 11.7. The van der Waals surface area contributed by atoms with E-state index in [1.165, 1.54) is 0 Å². The first kappa shape index (κ1) is 7.54. The fourth-order valence-electron chi connectivity index (χ4n) is 3.02. The highest BCUT2D eigenvalue weighted by Gasteiger charge is 2.53. The standard InChI is InChI=1S/C10H13NO2/c12-6-3-4-11-9(5-6)7-1-2-8(7)10(11)13/h7-9H,1-5H2. The average Bonchev–Trinajstić information content (AvgIpc) is 2.18. The third-order valence-electron chi connectivity index (χ3n) is 3.89. The van der Waals surface area contributed by atoms with Crippen molar-refractivity contribution in [2.75, 3.05) is 6.54 Å². The molecule has 3 heteroatoms. The van der Waals surface area contributed by atoms with Crippen molar-refractivity contribution in [3.05, 3.63) is 0 Å². The van der Waals surface area contributed by atoms with Crippen molar-refractivity contribution in [1.29, 1.82) is 0 Å². The Kier molecular flexibility index (Phi) is 1.35. The molecule has 3 unspecified atom stereocenters. The molecule has 3 atom stereocenters. The number of hydrogen-bond donors (Lipinski definition) is 0. The number of fused-ring (bicyclic) bond motifs is 3. The molecule has 0 radical (unpaired) electrons. The first-order valence-corrected chi connectivity index (χ1v) is 5.09. The van der Waals surface area contributed by atoms with Crippen LogP contribution in [0.15, 0.2) is 0 Å². The van der Waals surface area contributed by atoms with Gasteiger partial charge in [-0.3, -0.25) is 9.59 Å². The van der Waals surface area contributed by atoms with E-state index in [1.54, 1.807) is 0 Å².